The van der Waals surface area contributed by atoms with Gasteiger partial charge in [-0.3, -0.25) is 9.89 Å². The Labute approximate surface area is 125 Å². The Bertz CT molecular complexity index is 587. The molecule has 112 valence electrons. The van der Waals surface area contributed by atoms with Gasteiger partial charge in [-0.05, 0) is 30.5 Å². The van der Waals surface area contributed by atoms with E-state index in [1.807, 2.05) is 27.1 Å². The van der Waals surface area contributed by atoms with Crippen molar-refractivity contribution in [2.24, 2.45) is 0 Å². The number of rotatable bonds is 6. The van der Waals surface area contributed by atoms with Crippen molar-refractivity contribution in [2.45, 2.75) is 26.2 Å². The van der Waals surface area contributed by atoms with Crippen LogP contribution in [0.2, 0.25) is 0 Å². The molecule has 0 saturated carbocycles. The van der Waals surface area contributed by atoms with Gasteiger partial charge in [0.05, 0.1) is 0 Å². The minimum absolute atomic E-state index is 0.0131. The second-order valence-corrected chi connectivity index (χ2v) is 5.24. The number of benzene rings is 1. The van der Waals surface area contributed by atoms with Crippen LogP contribution in [0.15, 0.2) is 30.3 Å². The summed E-state index contributed by atoms with van der Waals surface area (Å²) in [6.45, 7) is 2.04. The highest BCUT2D eigenvalue weighted by molar-refractivity contribution is 5.89. The van der Waals surface area contributed by atoms with Crippen LogP contribution in [0.5, 0.6) is 0 Å². The number of aryl methyl sites for hydroxylation is 2. The van der Waals surface area contributed by atoms with Crippen LogP contribution < -0.4 is 10.2 Å². The van der Waals surface area contributed by atoms with E-state index < -0.39 is 0 Å². The molecule has 0 fully saturated rings. The Morgan fingerprint density at radius 3 is 2.57 bits per heavy atom. The molecule has 21 heavy (non-hydrogen) atoms. The molecular weight excluding hydrogens is 264 g/mol. The molecule has 5 heteroatoms. The van der Waals surface area contributed by atoms with E-state index in [0.29, 0.717) is 12.2 Å². The highest BCUT2D eigenvalue weighted by Gasteiger charge is 2.06. The number of anilines is 2. The maximum atomic E-state index is 11.9. The average molecular weight is 286 g/mol. The zero-order chi connectivity index (χ0) is 15.2. The summed E-state index contributed by atoms with van der Waals surface area (Å²) in [6.07, 6.45) is 2.06. The van der Waals surface area contributed by atoms with E-state index in [9.17, 15) is 4.79 Å². The maximum absolute atomic E-state index is 11.9. The molecule has 0 radical (unpaired) electrons. The highest BCUT2D eigenvalue weighted by atomic mass is 16.1. The van der Waals surface area contributed by atoms with Crippen LogP contribution in [-0.4, -0.2) is 30.2 Å². The fourth-order valence-corrected chi connectivity index (χ4v) is 2.03. The standard InChI is InChI=1S/C16H22N4O/c1-4-13-11-15(19-18-13)17-16(21)10-7-12-5-8-14(9-6-12)20(2)3/h5-6,8-9,11H,4,7,10H2,1-3H3,(H2,17,18,19,21). The van der Waals surface area contributed by atoms with Crippen molar-refractivity contribution >= 4 is 17.4 Å². The SMILES string of the molecule is CCc1cc(NC(=O)CCc2ccc(N(C)C)cc2)n[nH]1. The molecule has 0 unspecified atom stereocenters. The zero-order valence-electron chi connectivity index (χ0n) is 12.8. The van der Waals surface area contributed by atoms with Gasteiger partial charge in [-0.25, -0.2) is 0 Å². The molecule has 2 N–H and O–H groups in total. The molecular formula is C16H22N4O. The van der Waals surface area contributed by atoms with Crippen molar-refractivity contribution in [3.63, 3.8) is 0 Å². The lowest BCUT2D eigenvalue weighted by Gasteiger charge is -2.12. The predicted octanol–water partition coefficient (Wildman–Crippen LogP) is 2.61. The monoisotopic (exact) mass is 286 g/mol. The van der Waals surface area contributed by atoms with Gasteiger partial charge in [-0.15, -0.1) is 0 Å². The van der Waals surface area contributed by atoms with Gasteiger partial charge in [-0.1, -0.05) is 19.1 Å². The second kappa shape index (κ2) is 6.92. The number of carbonyl (C=O) groups is 1. The first-order valence-corrected chi connectivity index (χ1v) is 7.19. The summed E-state index contributed by atoms with van der Waals surface area (Å²) in [5.74, 6) is 0.584. The predicted molar refractivity (Wildman–Crippen MR) is 85.7 cm³/mol. The van der Waals surface area contributed by atoms with Crippen LogP contribution in [0.3, 0.4) is 0 Å². The quantitative estimate of drug-likeness (QED) is 0.858. The number of H-pyrrole nitrogens is 1. The van der Waals surface area contributed by atoms with Gasteiger partial charge < -0.3 is 10.2 Å². The van der Waals surface area contributed by atoms with Crippen molar-refractivity contribution in [1.29, 1.82) is 0 Å². The first-order chi connectivity index (χ1) is 10.1. The van der Waals surface area contributed by atoms with Crippen molar-refractivity contribution in [2.75, 3.05) is 24.3 Å². The van der Waals surface area contributed by atoms with E-state index in [1.165, 1.54) is 0 Å². The largest absolute Gasteiger partial charge is 0.378 e. The second-order valence-electron chi connectivity index (χ2n) is 5.24. The Morgan fingerprint density at radius 1 is 1.29 bits per heavy atom. The van der Waals surface area contributed by atoms with Gasteiger partial charge in [0.1, 0.15) is 0 Å². The number of amides is 1. The molecule has 0 bridgehead atoms. The third kappa shape index (κ3) is 4.34. The van der Waals surface area contributed by atoms with Crippen molar-refractivity contribution in [3.05, 3.63) is 41.6 Å². The van der Waals surface area contributed by atoms with Crippen molar-refractivity contribution < 1.29 is 4.79 Å². The normalized spacial score (nSPS) is 10.4. The lowest BCUT2D eigenvalue weighted by molar-refractivity contribution is -0.116. The van der Waals surface area contributed by atoms with Crippen LogP contribution in [-0.2, 0) is 17.6 Å². The van der Waals surface area contributed by atoms with Gasteiger partial charge in [0, 0.05) is 38.0 Å². The van der Waals surface area contributed by atoms with Crippen molar-refractivity contribution in [3.8, 4) is 0 Å². The Balaban J connectivity index is 1.83. The fraction of sp³-hybridized carbons (Fsp3) is 0.375. The number of aromatic nitrogens is 2. The zero-order valence-corrected chi connectivity index (χ0v) is 12.8. The number of hydrogen-bond acceptors (Lipinski definition) is 3. The average Bonchev–Trinajstić information content (AvgIpc) is 2.93. The van der Waals surface area contributed by atoms with Gasteiger partial charge >= 0.3 is 0 Å². The number of hydrogen-bond donors (Lipinski definition) is 2. The van der Waals surface area contributed by atoms with Gasteiger partial charge in [0.25, 0.3) is 0 Å². The number of nitrogens with one attached hydrogen (secondary N) is 2. The van der Waals surface area contributed by atoms with E-state index >= 15 is 0 Å². The molecule has 0 spiro atoms. The third-order valence-electron chi connectivity index (χ3n) is 3.37. The topological polar surface area (TPSA) is 61.0 Å². The lowest BCUT2D eigenvalue weighted by atomic mass is 10.1. The van der Waals surface area contributed by atoms with E-state index in [2.05, 4.69) is 44.7 Å². The molecule has 5 nitrogen and oxygen atoms in total. The Kier molecular flexibility index (Phi) is 4.98. The third-order valence-corrected chi connectivity index (χ3v) is 3.37. The molecule has 2 aromatic rings. The van der Waals surface area contributed by atoms with Crippen molar-refractivity contribution in [1.82, 2.24) is 10.2 Å². The smallest absolute Gasteiger partial charge is 0.225 e. The Hall–Kier alpha value is -2.30. The summed E-state index contributed by atoms with van der Waals surface area (Å²) < 4.78 is 0. The van der Waals surface area contributed by atoms with Gasteiger partial charge in [-0.2, -0.15) is 5.10 Å². The van der Waals surface area contributed by atoms with E-state index in [4.69, 9.17) is 0 Å². The minimum atomic E-state index is -0.0131. The number of nitrogens with zero attached hydrogens (tertiary/aromatic N) is 2. The van der Waals surface area contributed by atoms with Crippen LogP contribution in [0.25, 0.3) is 0 Å². The maximum Gasteiger partial charge on any atom is 0.225 e. The molecule has 0 aliphatic rings. The summed E-state index contributed by atoms with van der Waals surface area (Å²) in [5.41, 5.74) is 3.34. The van der Waals surface area contributed by atoms with Crippen LogP contribution >= 0.6 is 0 Å². The highest BCUT2D eigenvalue weighted by Crippen LogP contribution is 2.14. The lowest BCUT2D eigenvalue weighted by Crippen LogP contribution is -2.12. The summed E-state index contributed by atoms with van der Waals surface area (Å²) in [5, 5.41) is 9.74. The first kappa shape index (κ1) is 15.1. The molecule has 1 aromatic heterocycles. The summed E-state index contributed by atoms with van der Waals surface area (Å²) >= 11 is 0. The summed E-state index contributed by atoms with van der Waals surface area (Å²) in [7, 11) is 4.02. The first-order valence-electron chi connectivity index (χ1n) is 7.19. The minimum Gasteiger partial charge on any atom is -0.378 e. The molecule has 0 atom stereocenters. The molecule has 1 amide bonds. The van der Waals surface area contributed by atoms with Crippen LogP contribution in [0.1, 0.15) is 24.6 Å². The molecule has 1 heterocycles. The molecule has 0 saturated heterocycles. The van der Waals surface area contributed by atoms with Crippen LogP contribution in [0, 0.1) is 0 Å². The van der Waals surface area contributed by atoms with Gasteiger partial charge in [0.15, 0.2) is 5.82 Å². The molecule has 0 aliphatic heterocycles. The van der Waals surface area contributed by atoms with E-state index in [1.54, 1.807) is 0 Å². The van der Waals surface area contributed by atoms with Crippen LogP contribution in [0.4, 0.5) is 11.5 Å². The Morgan fingerprint density at radius 2 is 2.00 bits per heavy atom. The van der Waals surface area contributed by atoms with Gasteiger partial charge in [0.2, 0.25) is 5.91 Å². The van der Waals surface area contributed by atoms with E-state index in [0.717, 1.165) is 29.8 Å². The summed E-state index contributed by atoms with van der Waals surface area (Å²) in [4.78, 5) is 13.9. The molecule has 0 aliphatic carbocycles. The summed E-state index contributed by atoms with van der Waals surface area (Å²) in [6, 6.07) is 10.1. The number of carbonyl (C=O) groups excluding carboxylic acids is 1. The van der Waals surface area contributed by atoms with E-state index in [-0.39, 0.29) is 5.91 Å². The molecule has 1 aromatic carbocycles. The number of aromatic amines is 1. The fourth-order valence-electron chi connectivity index (χ4n) is 2.03. The molecule has 2 rings (SSSR count).